The van der Waals surface area contributed by atoms with Crippen LogP contribution >= 0.6 is 0 Å². The minimum atomic E-state index is -1.26. The average molecular weight is 442 g/mol. The van der Waals surface area contributed by atoms with E-state index in [1.54, 1.807) is 0 Å². The first-order chi connectivity index (χ1) is 15.4. The van der Waals surface area contributed by atoms with E-state index in [1.807, 2.05) is 12.1 Å². The molecule has 32 heavy (non-hydrogen) atoms. The predicted molar refractivity (Wildman–Crippen MR) is 136 cm³/mol. The molecule has 0 unspecified atom stereocenters. The second-order valence-electron chi connectivity index (χ2n) is 9.32. The van der Waals surface area contributed by atoms with Crippen molar-refractivity contribution in [1.29, 1.82) is 0 Å². The first kappa shape index (κ1) is 22.1. The summed E-state index contributed by atoms with van der Waals surface area (Å²) >= 11 is 0. The molecule has 0 aromatic heterocycles. The van der Waals surface area contributed by atoms with Crippen LogP contribution in [0.4, 0.5) is 4.79 Å². The first-order valence-electron chi connectivity index (χ1n) is 11.3. The summed E-state index contributed by atoms with van der Waals surface area (Å²) in [5.41, 5.74) is 6.11. The summed E-state index contributed by atoms with van der Waals surface area (Å²) in [6, 6.07) is 25.5. The van der Waals surface area contributed by atoms with Crippen LogP contribution in [0.15, 0.2) is 78.9 Å². The monoisotopic (exact) mass is 441 g/mol. The van der Waals surface area contributed by atoms with Crippen molar-refractivity contribution < 1.29 is 9.53 Å². The van der Waals surface area contributed by atoms with Crippen LogP contribution < -0.4 is 10.5 Å². The molecule has 0 aliphatic heterocycles. The van der Waals surface area contributed by atoms with Gasteiger partial charge in [-0.2, -0.15) is 0 Å². The van der Waals surface area contributed by atoms with Crippen LogP contribution in [-0.2, 0) is 4.74 Å². The Hall–Kier alpha value is -3.11. The van der Waals surface area contributed by atoms with Gasteiger partial charge in [-0.05, 0) is 34.2 Å². The lowest BCUT2D eigenvalue weighted by molar-refractivity contribution is 0.143. The van der Waals surface area contributed by atoms with E-state index in [4.69, 9.17) is 4.74 Å². The Labute approximate surface area is 192 Å². The van der Waals surface area contributed by atoms with E-state index >= 15 is 0 Å². The number of hydrogen-bond acceptors (Lipinski definition) is 2. The first-order valence-corrected chi connectivity index (χ1v) is 14.8. The van der Waals surface area contributed by atoms with Gasteiger partial charge < -0.3 is 10.1 Å². The maximum atomic E-state index is 12.2. The van der Waals surface area contributed by atoms with Gasteiger partial charge in [-0.3, -0.25) is 0 Å². The second-order valence-corrected chi connectivity index (χ2v) is 14.4. The molecule has 0 atom stereocenters. The molecule has 164 valence electrons. The SMILES string of the molecule is C[Si](C)(C)c1ccc(C=CCCNC(=O)OCC2c3ccccc3-c3ccccc32)cc1. The lowest BCUT2D eigenvalue weighted by atomic mass is 9.98. The van der Waals surface area contributed by atoms with Crippen molar-refractivity contribution in [1.82, 2.24) is 5.32 Å². The Morgan fingerprint density at radius 3 is 2.09 bits per heavy atom. The lowest BCUT2D eigenvalue weighted by Crippen LogP contribution is -2.37. The normalized spacial score (nSPS) is 13.1. The topological polar surface area (TPSA) is 38.3 Å². The third kappa shape index (κ3) is 5.02. The quantitative estimate of drug-likeness (QED) is 0.351. The highest BCUT2D eigenvalue weighted by atomic mass is 28.3. The summed E-state index contributed by atoms with van der Waals surface area (Å²) < 4.78 is 5.58. The maximum Gasteiger partial charge on any atom is 0.407 e. The van der Waals surface area contributed by atoms with E-state index in [0.29, 0.717) is 13.2 Å². The molecule has 4 heteroatoms. The van der Waals surface area contributed by atoms with E-state index in [-0.39, 0.29) is 12.0 Å². The third-order valence-electron chi connectivity index (χ3n) is 6.01. The second kappa shape index (κ2) is 9.57. The smallest absolute Gasteiger partial charge is 0.407 e. The maximum absolute atomic E-state index is 12.2. The number of carbonyl (C=O) groups excluding carboxylic acids is 1. The van der Waals surface area contributed by atoms with Crippen LogP contribution in [0.25, 0.3) is 17.2 Å². The van der Waals surface area contributed by atoms with Crippen LogP contribution in [0.5, 0.6) is 0 Å². The van der Waals surface area contributed by atoms with E-state index in [2.05, 4.69) is 97.8 Å². The summed E-state index contributed by atoms with van der Waals surface area (Å²) in [4.78, 5) is 12.2. The fourth-order valence-electron chi connectivity index (χ4n) is 4.22. The molecule has 3 aromatic rings. The lowest BCUT2D eigenvalue weighted by Gasteiger charge is -2.16. The van der Waals surface area contributed by atoms with Crippen molar-refractivity contribution in [2.75, 3.05) is 13.2 Å². The van der Waals surface area contributed by atoms with E-state index < -0.39 is 8.07 Å². The van der Waals surface area contributed by atoms with Crippen LogP contribution in [0, 0.1) is 0 Å². The molecular formula is C28H31NO2Si. The van der Waals surface area contributed by atoms with Crippen LogP contribution in [0.1, 0.15) is 29.0 Å². The molecule has 1 amide bonds. The number of amides is 1. The molecule has 3 nitrogen and oxygen atoms in total. The van der Waals surface area contributed by atoms with Crippen molar-refractivity contribution in [2.24, 2.45) is 0 Å². The third-order valence-corrected chi connectivity index (χ3v) is 8.08. The van der Waals surface area contributed by atoms with Gasteiger partial charge in [0.25, 0.3) is 0 Å². The molecule has 0 saturated carbocycles. The summed E-state index contributed by atoms with van der Waals surface area (Å²) in [6.45, 7) is 7.96. The minimum Gasteiger partial charge on any atom is -0.449 e. The molecule has 4 rings (SSSR count). The largest absolute Gasteiger partial charge is 0.449 e. The standard InChI is InChI=1S/C28H31NO2Si/c1-32(2,3)22-17-15-21(16-18-22)10-8-9-19-29-28(30)31-20-27-25-13-6-4-11-23(25)24-12-5-7-14-26(24)27/h4-8,10-18,27H,9,19-20H2,1-3H3,(H,29,30). The highest BCUT2D eigenvalue weighted by Gasteiger charge is 2.28. The van der Waals surface area contributed by atoms with Gasteiger partial charge in [0, 0.05) is 12.5 Å². The molecule has 1 aliphatic rings. The Kier molecular flexibility index (Phi) is 6.61. The van der Waals surface area contributed by atoms with Crippen molar-refractivity contribution in [3.8, 4) is 11.1 Å². The highest BCUT2D eigenvalue weighted by molar-refractivity contribution is 6.88. The van der Waals surface area contributed by atoms with Gasteiger partial charge in [0.15, 0.2) is 0 Å². The zero-order valence-electron chi connectivity index (χ0n) is 19.1. The van der Waals surface area contributed by atoms with Gasteiger partial charge >= 0.3 is 6.09 Å². The van der Waals surface area contributed by atoms with Gasteiger partial charge in [0.1, 0.15) is 6.61 Å². The number of rotatable bonds is 7. The van der Waals surface area contributed by atoms with Crippen LogP contribution in [0.3, 0.4) is 0 Å². The Morgan fingerprint density at radius 1 is 0.906 bits per heavy atom. The number of fused-ring (bicyclic) bond motifs is 3. The van der Waals surface area contributed by atoms with Crippen molar-refractivity contribution in [3.63, 3.8) is 0 Å². The van der Waals surface area contributed by atoms with Gasteiger partial charge in [-0.25, -0.2) is 4.79 Å². The number of hydrogen-bond donors (Lipinski definition) is 1. The minimum absolute atomic E-state index is 0.0900. The summed E-state index contributed by atoms with van der Waals surface area (Å²) in [5, 5.41) is 4.33. The number of carbonyl (C=O) groups is 1. The molecule has 1 aliphatic carbocycles. The fraction of sp³-hybridized carbons (Fsp3) is 0.250. The van der Waals surface area contributed by atoms with Crippen LogP contribution in [0.2, 0.25) is 19.6 Å². The number of ether oxygens (including phenoxy) is 1. The van der Waals surface area contributed by atoms with Crippen molar-refractivity contribution in [3.05, 3.63) is 95.6 Å². The van der Waals surface area contributed by atoms with Gasteiger partial charge in [0.05, 0.1) is 8.07 Å². The number of nitrogens with one attached hydrogen (secondary N) is 1. The molecule has 0 bridgehead atoms. The summed E-state index contributed by atoms with van der Waals surface area (Å²) in [6.07, 6.45) is 4.60. The Morgan fingerprint density at radius 2 is 1.50 bits per heavy atom. The van der Waals surface area contributed by atoms with E-state index in [9.17, 15) is 4.79 Å². The Bertz CT molecular complexity index is 1070. The van der Waals surface area contributed by atoms with Gasteiger partial charge in [-0.15, -0.1) is 0 Å². The summed E-state index contributed by atoms with van der Waals surface area (Å²) in [5.74, 6) is 0.0900. The predicted octanol–water partition coefficient (Wildman–Crippen LogP) is 6.17. The molecular weight excluding hydrogens is 410 g/mol. The molecule has 1 N–H and O–H groups in total. The number of alkyl carbamates (subject to hydrolysis) is 1. The van der Waals surface area contributed by atoms with E-state index in [1.165, 1.54) is 33.0 Å². The van der Waals surface area contributed by atoms with Crippen molar-refractivity contribution >= 4 is 25.4 Å². The molecule has 3 aromatic carbocycles. The van der Waals surface area contributed by atoms with Crippen LogP contribution in [-0.4, -0.2) is 27.3 Å². The Balaban J connectivity index is 1.24. The average Bonchev–Trinajstić information content (AvgIpc) is 3.11. The molecule has 0 spiro atoms. The molecule has 0 radical (unpaired) electrons. The highest BCUT2D eigenvalue weighted by Crippen LogP contribution is 2.44. The molecule has 0 saturated heterocycles. The van der Waals surface area contributed by atoms with E-state index in [0.717, 1.165) is 6.42 Å². The summed E-state index contributed by atoms with van der Waals surface area (Å²) in [7, 11) is -1.26. The van der Waals surface area contributed by atoms with Gasteiger partial charge in [0.2, 0.25) is 0 Å². The number of benzene rings is 3. The molecule has 0 heterocycles. The zero-order chi connectivity index (χ0) is 22.6. The van der Waals surface area contributed by atoms with Gasteiger partial charge in [-0.1, -0.05) is 110 Å². The fourth-order valence-corrected chi connectivity index (χ4v) is 5.39. The molecule has 0 fully saturated rings. The zero-order valence-corrected chi connectivity index (χ0v) is 20.1. The van der Waals surface area contributed by atoms with Crippen molar-refractivity contribution in [2.45, 2.75) is 32.0 Å².